The Morgan fingerprint density at radius 3 is 2.62 bits per heavy atom. The molecule has 0 bridgehead atoms. The molecule has 0 spiro atoms. The van der Waals surface area contributed by atoms with Crippen LogP contribution in [-0.2, 0) is 0 Å². The largest absolute Gasteiger partial charge is 0.460 e. The van der Waals surface area contributed by atoms with E-state index in [1.165, 1.54) is 0 Å². The summed E-state index contributed by atoms with van der Waals surface area (Å²) >= 11 is 1.56. The number of benzene rings is 1. The molecule has 1 aromatic carbocycles. The van der Waals surface area contributed by atoms with E-state index in [2.05, 4.69) is 27.6 Å². The second-order valence-corrected chi connectivity index (χ2v) is 5.33. The predicted molar refractivity (Wildman–Crippen MR) is 85.7 cm³/mol. The summed E-state index contributed by atoms with van der Waals surface area (Å²) in [6.07, 6.45) is 1.71. The summed E-state index contributed by atoms with van der Waals surface area (Å²) in [4.78, 5) is 5.11. The minimum Gasteiger partial charge on any atom is -0.460 e. The first-order valence-electron chi connectivity index (χ1n) is 6.57. The van der Waals surface area contributed by atoms with Crippen molar-refractivity contribution in [1.82, 2.24) is 4.68 Å². The molecule has 0 radical (unpaired) electrons. The summed E-state index contributed by atoms with van der Waals surface area (Å²) in [5, 5.41) is 6.57. The number of hydrogen-bond donors (Lipinski definition) is 0. The van der Waals surface area contributed by atoms with Gasteiger partial charge in [-0.2, -0.15) is 5.10 Å². The van der Waals surface area contributed by atoms with Crippen LogP contribution < -0.4 is 4.80 Å². The predicted octanol–water partition coefficient (Wildman–Crippen LogP) is 3.53. The van der Waals surface area contributed by atoms with Crippen LogP contribution in [0.25, 0.3) is 11.3 Å². The molecule has 2 heterocycles. The molecule has 4 nitrogen and oxygen atoms in total. The number of furan rings is 1. The Bertz CT molecular complexity index is 825. The summed E-state index contributed by atoms with van der Waals surface area (Å²) < 4.78 is 7.34. The van der Waals surface area contributed by atoms with Crippen molar-refractivity contribution < 1.29 is 4.42 Å². The van der Waals surface area contributed by atoms with Crippen molar-refractivity contribution in [2.45, 2.75) is 6.92 Å². The van der Waals surface area contributed by atoms with Gasteiger partial charge >= 0.3 is 0 Å². The van der Waals surface area contributed by atoms with Gasteiger partial charge in [0.25, 0.3) is 0 Å². The molecular weight excluding hydrogens is 282 g/mol. The lowest BCUT2D eigenvalue weighted by molar-refractivity contribution is 0.527. The van der Waals surface area contributed by atoms with E-state index < -0.39 is 0 Å². The summed E-state index contributed by atoms with van der Waals surface area (Å²) in [5.74, 6) is 1.60. The fourth-order valence-corrected chi connectivity index (χ4v) is 2.81. The Kier molecular flexibility index (Phi) is 3.83. The standard InChI is InChI=1S/C16H15N3OS/c1-12-8-9-14(20-12)10-18-19-15(11-21-16(19)17-2)13-6-4-3-5-7-13/h3-11H,1-2H3. The quantitative estimate of drug-likeness (QED) is 0.682. The summed E-state index contributed by atoms with van der Waals surface area (Å²) in [6, 6.07) is 14.0. The van der Waals surface area contributed by atoms with Gasteiger partial charge in [-0.3, -0.25) is 4.99 Å². The topological polar surface area (TPSA) is 42.8 Å². The smallest absolute Gasteiger partial charge is 0.205 e. The highest BCUT2D eigenvalue weighted by Crippen LogP contribution is 2.19. The van der Waals surface area contributed by atoms with E-state index >= 15 is 0 Å². The second kappa shape index (κ2) is 5.93. The van der Waals surface area contributed by atoms with Gasteiger partial charge < -0.3 is 4.42 Å². The lowest BCUT2D eigenvalue weighted by atomic mass is 10.2. The molecule has 0 amide bonds. The molecule has 2 aromatic heterocycles. The monoisotopic (exact) mass is 297 g/mol. The highest BCUT2D eigenvalue weighted by atomic mass is 32.1. The fraction of sp³-hybridized carbons (Fsp3) is 0.125. The van der Waals surface area contributed by atoms with Crippen molar-refractivity contribution in [3.63, 3.8) is 0 Å². The van der Waals surface area contributed by atoms with Crippen molar-refractivity contribution >= 4 is 17.6 Å². The molecule has 0 N–H and O–H groups in total. The zero-order chi connectivity index (χ0) is 14.7. The average molecular weight is 297 g/mol. The molecule has 0 atom stereocenters. The second-order valence-electron chi connectivity index (χ2n) is 4.50. The summed E-state index contributed by atoms with van der Waals surface area (Å²) in [7, 11) is 1.77. The van der Waals surface area contributed by atoms with Crippen LogP contribution in [-0.4, -0.2) is 17.9 Å². The fourth-order valence-electron chi connectivity index (χ4n) is 2.01. The van der Waals surface area contributed by atoms with Gasteiger partial charge in [-0.25, -0.2) is 4.68 Å². The molecule has 0 aliphatic heterocycles. The first kappa shape index (κ1) is 13.6. The van der Waals surface area contributed by atoms with Gasteiger partial charge in [0.2, 0.25) is 4.80 Å². The maximum Gasteiger partial charge on any atom is 0.205 e. The van der Waals surface area contributed by atoms with Crippen LogP contribution in [0.2, 0.25) is 0 Å². The molecule has 0 saturated carbocycles. The maximum absolute atomic E-state index is 5.51. The molecule has 0 aliphatic carbocycles. The Balaban J connectivity index is 2.05. The molecule has 21 heavy (non-hydrogen) atoms. The van der Waals surface area contributed by atoms with E-state index in [0.29, 0.717) is 0 Å². The normalized spacial score (nSPS) is 12.4. The van der Waals surface area contributed by atoms with Gasteiger partial charge in [0.1, 0.15) is 11.5 Å². The van der Waals surface area contributed by atoms with Gasteiger partial charge in [-0.05, 0) is 19.1 Å². The molecule has 3 aromatic rings. The Morgan fingerprint density at radius 2 is 1.95 bits per heavy atom. The van der Waals surface area contributed by atoms with Gasteiger partial charge in [0.05, 0.1) is 11.9 Å². The van der Waals surface area contributed by atoms with E-state index in [0.717, 1.165) is 27.6 Å². The molecule has 106 valence electrons. The van der Waals surface area contributed by atoms with E-state index in [9.17, 15) is 0 Å². The molecule has 3 rings (SSSR count). The highest BCUT2D eigenvalue weighted by Gasteiger charge is 2.06. The lowest BCUT2D eigenvalue weighted by Crippen LogP contribution is -2.11. The third kappa shape index (κ3) is 2.87. The van der Waals surface area contributed by atoms with Gasteiger partial charge in [-0.15, -0.1) is 11.3 Å². The SMILES string of the molecule is CN=c1scc(-c2ccccc2)n1N=Cc1ccc(C)o1. The Morgan fingerprint density at radius 1 is 1.14 bits per heavy atom. The Labute approximate surface area is 126 Å². The number of thiazole rings is 1. The molecular formula is C16H15N3OS. The minimum atomic E-state index is 0.729. The van der Waals surface area contributed by atoms with Crippen molar-refractivity contribution in [3.05, 3.63) is 64.2 Å². The van der Waals surface area contributed by atoms with E-state index in [1.807, 2.05) is 41.9 Å². The molecule has 0 saturated heterocycles. The molecule has 0 fully saturated rings. The number of nitrogens with zero attached hydrogens (tertiary/aromatic N) is 3. The minimum absolute atomic E-state index is 0.729. The molecule has 0 aliphatic rings. The third-order valence-electron chi connectivity index (χ3n) is 3.01. The maximum atomic E-state index is 5.51. The summed E-state index contributed by atoms with van der Waals surface area (Å²) in [6.45, 7) is 1.91. The zero-order valence-corrected chi connectivity index (χ0v) is 12.7. The van der Waals surface area contributed by atoms with Crippen molar-refractivity contribution in [1.29, 1.82) is 0 Å². The van der Waals surface area contributed by atoms with Crippen molar-refractivity contribution in [3.8, 4) is 11.3 Å². The van der Waals surface area contributed by atoms with Gasteiger partial charge in [0.15, 0.2) is 0 Å². The van der Waals surface area contributed by atoms with Crippen LogP contribution in [0.15, 0.2) is 62.4 Å². The number of rotatable bonds is 3. The van der Waals surface area contributed by atoms with Crippen LogP contribution in [0.1, 0.15) is 11.5 Å². The third-order valence-corrected chi connectivity index (χ3v) is 3.92. The van der Waals surface area contributed by atoms with Gasteiger partial charge in [-0.1, -0.05) is 30.3 Å². The van der Waals surface area contributed by atoms with E-state index in [4.69, 9.17) is 4.42 Å². The van der Waals surface area contributed by atoms with Crippen molar-refractivity contribution in [2.24, 2.45) is 10.1 Å². The first-order chi connectivity index (χ1) is 10.3. The van der Waals surface area contributed by atoms with Crippen LogP contribution in [0.4, 0.5) is 0 Å². The van der Waals surface area contributed by atoms with Crippen LogP contribution in [0, 0.1) is 6.92 Å². The van der Waals surface area contributed by atoms with Gasteiger partial charge in [0, 0.05) is 18.0 Å². The van der Waals surface area contributed by atoms with E-state index in [-0.39, 0.29) is 0 Å². The van der Waals surface area contributed by atoms with E-state index in [1.54, 1.807) is 24.6 Å². The lowest BCUT2D eigenvalue weighted by Gasteiger charge is -2.02. The summed E-state index contributed by atoms with van der Waals surface area (Å²) in [5.41, 5.74) is 2.12. The number of aryl methyl sites for hydroxylation is 1. The first-order valence-corrected chi connectivity index (χ1v) is 7.45. The van der Waals surface area contributed by atoms with Crippen LogP contribution in [0.3, 0.4) is 0 Å². The number of hydrogen-bond acceptors (Lipinski definition) is 4. The number of aromatic nitrogens is 1. The van der Waals surface area contributed by atoms with Crippen LogP contribution >= 0.6 is 11.3 Å². The Hall–Kier alpha value is -2.40. The molecule has 0 unspecified atom stereocenters. The highest BCUT2D eigenvalue weighted by molar-refractivity contribution is 7.07. The van der Waals surface area contributed by atoms with Crippen LogP contribution in [0.5, 0.6) is 0 Å². The van der Waals surface area contributed by atoms with Crippen molar-refractivity contribution in [2.75, 3.05) is 7.05 Å². The molecule has 5 heteroatoms. The average Bonchev–Trinajstić information content (AvgIpc) is 3.11. The zero-order valence-electron chi connectivity index (χ0n) is 11.9.